The van der Waals surface area contributed by atoms with E-state index in [2.05, 4.69) is 21.3 Å². The molecule has 0 fully saturated rings. The summed E-state index contributed by atoms with van der Waals surface area (Å²) in [6, 6.07) is 10.6. The van der Waals surface area contributed by atoms with E-state index in [0.717, 1.165) is 21.8 Å². The van der Waals surface area contributed by atoms with Crippen LogP contribution in [0.4, 0.5) is 0 Å². The Morgan fingerprint density at radius 3 is 2.52 bits per heavy atom. The fourth-order valence-corrected chi connectivity index (χ4v) is 3.50. The van der Waals surface area contributed by atoms with Crippen LogP contribution in [0.25, 0.3) is 21.8 Å². The topological polar surface area (TPSA) is 50.2 Å². The van der Waals surface area contributed by atoms with Crippen LogP contribution < -0.4 is 4.43 Å². The highest BCUT2D eigenvalue weighted by atomic mass is 35.5. The van der Waals surface area contributed by atoms with Crippen LogP contribution in [0.5, 0.6) is 0 Å². The van der Waals surface area contributed by atoms with Gasteiger partial charge in [-0.2, -0.15) is 0 Å². The predicted octanol–water partition coefficient (Wildman–Crippen LogP) is 4.28. The van der Waals surface area contributed by atoms with E-state index in [1.165, 1.54) is 11.3 Å². The molecule has 2 aromatic carbocycles. The largest absolute Gasteiger partial charge is 0.478 e. The van der Waals surface area contributed by atoms with Gasteiger partial charge in [-0.3, -0.25) is 0 Å². The summed E-state index contributed by atoms with van der Waals surface area (Å²) in [6.45, 7) is 0. The van der Waals surface area contributed by atoms with Gasteiger partial charge in [0.2, 0.25) is 0 Å². The summed E-state index contributed by atoms with van der Waals surface area (Å²) < 4.78 is 0.641. The molecule has 1 heterocycles. The van der Waals surface area contributed by atoms with Crippen molar-refractivity contribution in [1.82, 2.24) is 4.98 Å². The average Bonchev–Trinajstić information content (AvgIpc) is 3.00. The number of aromatic nitrogens is 1. The molecule has 23 heavy (non-hydrogen) atoms. The number of carbonyl (C=O) groups is 1. The van der Waals surface area contributed by atoms with Crippen molar-refractivity contribution in [3.05, 3.63) is 57.4 Å². The van der Waals surface area contributed by atoms with Crippen molar-refractivity contribution in [3.8, 4) is 21.8 Å². The van der Waals surface area contributed by atoms with Crippen LogP contribution in [-0.4, -0.2) is 32.4 Å². The van der Waals surface area contributed by atoms with Crippen LogP contribution in [0.2, 0.25) is 10.0 Å². The summed E-state index contributed by atoms with van der Waals surface area (Å²) in [5.41, 5.74) is 2.65. The predicted molar refractivity (Wildman–Crippen MR) is 95.4 cm³/mol. The standard InChI is InChI=1S/C16H8Cl2NO2S.Al/c17-12-5-4-9(7-13(12)18)14-8-22-15(19-14)10-2-1-3-11(6-10)16(20)21;/h1-2,4-8H,(H,20,21);. The van der Waals surface area contributed by atoms with E-state index in [9.17, 15) is 9.90 Å². The van der Waals surface area contributed by atoms with Gasteiger partial charge in [-0.1, -0.05) is 41.4 Å². The van der Waals surface area contributed by atoms with E-state index >= 15 is 0 Å². The number of rotatable bonds is 3. The van der Waals surface area contributed by atoms with Gasteiger partial charge in [0.15, 0.2) is 16.3 Å². The van der Waals surface area contributed by atoms with Gasteiger partial charge >= 0.3 is 5.97 Å². The Bertz CT molecular complexity index is 911. The van der Waals surface area contributed by atoms with Crippen molar-refractivity contribution < 1.29 is 9.90 Å². The molecule has 0 aliphatic carbocycles. The van der Waals surface area contributed by atoms with E-state index in [4.69, 9.17) is 23.2 Å². The zero-order valence-electron chi connectivity index (χ0n) is 11.6. The molecule has 0 bridgehead atoms. The molecule has 1 aromatic heterocycles. The summed E-state index contributed by atoms with van der Waals surface area (Å²) in [7, 11) is 0. The lowest BCUT2D eigenvalue weighted by molar-refractivity contribution is 0.0698. The minimum atomic E-state index is -0.960. The van der Waals surface area contributed by atoms with Gasteiger partial charge in [-0.05, 0) is 18.2 Å². The molecule has 0 aliphatic heterocycles. The first kappa shape index (κ1) is 16.5. The number of carboxylic acid groups (broad SMARTS) is 1. The molecule has 2 radical (unpaired) electrons. The Hall–Kier alpha value is -1.35. The first-order valence-corrected chi connectivity index (χ1v) is 8.71. The number of aromatic carboxylic acids is 1. The molecule has 0 saturated heterocycles. The van der Waals surface area contributed by atoms with E-state index in [1.807, 2.05) is 17.5 Å². The molecule has 0 atom stereocenters. The lowest BCUT2D eigenvalue weighted by Crippen LogP contribution is -2.15. The van der Waals surface area contributed by atoms with Gasteiger partial charge in [-0.15, -0.1) is 15.8 Å². The second-order valence-corrected chi connectivity index (χ2v) is 7.07. The Kier molecular flexibility index (Phi) is 4.77. The number of carboxylic acids is 1. The molecule has 0 spiro atoms. The molecule has 3 aromatic rings. The Labute approximate surface area is 154 Å². The summed E-state index contributed by atoms with van der Waals surface area (Å²) in [5, 5.41) is 12.8. The van der Waals surface area contributed by atoms with Crippen LogP contribution in [0, 0.1) is 0 Å². The third-order valence-electron chi connectivity index (χ3n) is 3.25. The maximum absolute atomic E-state index is 11.2. The van der Waals surface area contributed by atoms with Crippen LogP contribution in [0.3, 0.4) is 0 Å². The van der Waals surface area contributed by atoms with Gasteiger partial charge in [0.05, 0.1) is 15.7 Å². The molecule has 1 N–H and O–H groups in total. The zero-order valence-corrected chi connectivity index (χ0v) is 15.1. The highest BCUT2D eigenvalue weighted by Crippen LogP contribution is 2.32. The first-order chi connectivity index (χ1) is 11.0. The highest BCUT2D eigenvalue weighted by Gasteiger charge is 2.12. The van der Waals surface area contributed by atoms with E-state index in [0.29, 0.717) is 14.5 Å². The number of thiazole rings is 1. The summed E-state index contributed by atoms with van der Waals surface area (Å²) in [5.74, 6) is -0.960. The van der Waals surface area contributed by atoms with Gasteiger partial charge in [0.25, 0.3) is 0 Å². The quantitative estimate of drug-likeness (QED) is 0.695. The zero-order chi connectivity index (χ0) is 16.6. The number of hydrogen-bond acceptors (Lipinski definition) is 3. The lowest BCUT2D eigenvalue weighted by atomic mass is 10.1. The van der Waals surface area contributed by atoms with E-state index in [1.54, 1.807) is 24.3 Å². The summed E-state index contributed by atoms with van der Waals surface area (Å²) in [6.07, 6.45) is 0. The summed E-state index contributed by atoms with van der Waals surface area (Å²) in [4.78, 5) is 15.8. The molecule has 112 valence electrons. The van der Waals surface area contributed by atoms with Crippen molar-refractivity contribution in [2.24, 2.45) is 0 Å². The van der Waals surface area contributed by atoms with Gasteiger partial charge in [0, 0.05) is 22.1 Å². The van der Waals surface area contributed by atoms with Crippen molar-refractivity contribution >= 4 is 61.2 Å². The minimum absolute atomic E-state index is 0.249. The van der Waals surface area contributed by atoms with Crippen molar-refractivity contribution in [2.45, 2.75) is 0 Å². The number of halogens is 2. The second-order valence-electron chi connectivity index (χ2n) is 4.77. The molecule has 0 unspecified atom stereocenters. The molecular weight excluding hydrogens is 368 g/mol. The van der Waals surface area contributed by atoms with E-state index in [-0.39, 0.29) is 5.56 Å². The Morgan fingerprint density at radius 1 is 1.09 bits per heavy atom. The highest BCUT2D eigenvalue weighted by molar-refractivity contribution is 7.13. The average molecular weight is 376 g/mol. The van der Waals surface area contributed by atoms with Gasteiger partial charge in [-0.25, -0.2) is 9.78 Å². The van der Waals surface area contributed by atoms with Gasteiger partial charge < -0.3 is 5.11 Å². The van der Waals surface area contributed by atoms with Crippen LogP contribution in [-0.2, 0) is 0 Å². The minimum Gasteiger partial charge on any atom is -0.478 e. The normalized spacial score (nSPS) is 10.7. The molecule has 3 nitrogen and oxygen atoms in total. The molecule has 0 aliphatic rings. The van der Waals surface area contributed by atoms with Crippen molar-refractivity contribution in [3.63, 3.8) is 0 Å². The third-order valence-corrected chi connectivity index (χ3v) is 5.38. The molecular formula is C16H8AlCl2NO2S. The van der Waals surface area contributed by atoms with E-state index < -0.39 is 5.97 Å². The Morgan fingerprint density at radius 2 is 1.83 bits per heavy atom. The summed E-state index contributed by atoms with van der Waals surface area (Å²) >= 11 is 15.8. The first-order valence-electron chi connectivity index (χ1n) is 6.50. The van der Waals surface area contributed by atoms with Gasteiger partial charge in [0.1, 0.15) is 5.01 Å². The van der Waals surface area contributed by atoms with Crippen molar-refractivity contribution in [2.75, 3.05) is 0 Å². The maximum atomic E-state index is 11.2. The van der Waals surface area contributed by atoms with Crippen LogP contribution in [0.1, 0.15) is 10.4 Å². The SMILES string of the molecule is O=C(O)c1cc(-c2nc(-c3ccc(Cl)c(Cl)c3)cs2)cc[c]1[Al]. The van der Waals surface area contributed by atoms with Crippen LogP contribution >= 0.6 is 34.5 Å². The monoisotopic (exact) mass is 375 g/mol. The fraction of sp³-hybridized carbons (Fsp3) is 0. The number of nitrogens with zero attached hydrogens (tertiary/aromatic N) is 1. The molecule has 0 saturated carbocycles. The second kappa shape index (κ2) is 6.64. The smallest absolute Gasteiger partial charge is 0.334 e. The Balaban J connectivity index is 2.00. The van der Waals surface area contributed by atoms with Crippen molar-refractivity contribution in [1.29, 1.82) is 0 Å². The molecule has 3 rings (SSSR count). The maximum Gasteiger partial charge on any atom is 0.334 e. The molecule has 7 heteroatoms. The van der Waals surface area contributed by atoms with Crippen LogP contribution in [0.15, 0.2) is 41.8 Å². The number of hydrogen-bond donors (Lipinski definition) is 1. The molecule has 0 amide bonds. The lowest BCUT2D eigenvalue weighted by Gasteiger charge is -2.04. The third kappa shape index (κ3) is 3.45. The number of benzene rings is 2. The fourth-order valence-electron chi connectivity index (χ4n) is 2.07.